The SMILES string of the molecule is CCOc1ccccc1/C=C/C(=O)N1CCC2(CC1)CCN(C(=O)[C@H]1[C@H]3[C@H]4C[C@@H]1C(=O)[C@H]43)C2. The van der Waals surface area contributed by atoms with Gasteiger partial charge in [-0.3, -0.25) is 14.4 Å². The van der Waals surface area contributed by atoms with Crippen molar-refractivity contribution >= 4 is 23.7 Å². The number of carbonyl (C=O) groups is 3. The highest BCUT2D eigenvalue weighted by Crippen LogP contribution is 2.71. The van der Waals surface area contributed by atoms with Gasteiger partial charge in [-0.1, -0.05) is 18.2 Å². The van der Waals surface area contributed by atoms with E-state index in [4.69, 9.17) is 4.74 Å². The molecule has 0 N–H and O–H groups in total. The second kappa shape index (κ2) is 7.71. The minimum Gasteiger partial charge on any atom is -0.493 e. The fraction of sp³-hybridized carbons (Fsp3) is 0.593. The number of para-hydroxylation sites is 1. The molecule has 0 unspecified atom stereocenters. The number of nitrogens with zero attached hydrogens (tertiary/aromatic N) is 2. The quantitative estimate of drug-likeness (QED) is 0.650. The van der Waals surface area contributed by atoms with Crippen molar-refractivity contribution in [2.24, 2.45) is 35.0 Å². The molecule has 0 aromatic heterocycles. The summed E-state index contributed by atoms with van der Waals surface area (Å²) in [5.74, 6) is 2.56. The molecule has 6 fully saturated rings. The molecule has 1 spiro atoms. The fourth-order valence-corrected chi connectivity index (χ4v) is 7.29. The van der Waals surface area contributed by atoms with Crippen LogP contribution in [0.3, 0.4) is 0 Å². The van der Waals surface area contributed by atoms with E-state index in [0.717, 1.165) is 63.2 Å². The van der Waals surface area contributed by atoms with Crippen LogP contribution in [0, 0.1) is 35.0 Å². The first kappa shape index (κ1) is 20.9. The van der Waals surface area contributed by atoms with Gasteiger partial charge in [-0.05, 0) is 62.0 Å². The third-order valence-electron chi connectivity index (χ3n) is 9.09. The Morgan fingerprint density at radius 3 is 2.48 bits per heavy atom. The number of amides is 2. The third kappa shape index (κ3) is 3.32. The predicted molar refractivity (Wildman–Crippen MR) is 123 cm³/mol. The number of hydrogen-bond acceptors (Lipinski definition) is 4. The first-order valence-corrected chi connectivity index (χ1v) is 12.5. The van der Waals surface area contributed by atoms with Crippen molar-refractivity contribution < 1.29 is 19.1 Å². The van der Waals surface area contributed by atoms with Crippen LogP contribution in [0.4, 0.5) is 0 Å². The fourth-order valence-electron chi connectivity index (χ4n) is 7.29. The maximum atomic E-state index is 13.2. The summed E-state index contributed by atoms with van der Waals surface area (Å²) in [7, 11) is 0. The Kier molecular flexibility index (Phi) is 4.89. The Hall–Kier alpha value is -2.63. The van der Waals surface area contributed by atoms with Crippen LogP contribution < -0.4 is 4.74 Å². The molecule has 2 heterocycles. The van der Waals surface area contributed by atoms with Crippen LogP contribution in [-0.4, -0.2) is 60.2 Å². The van der Waals surface area contributed by atoms with E-state index < -0.39 is 0 Å². The summed E-state index contributed by atoms with van der Waals surface area (Å²) in [5.41, 5.74) is 1.04. The molecule has 174 valence electrons. The average Bonchev–Trinajstić information content (AvgIpc) is 3.16. The van der Waals surface area contributed by atoms with Crippen LogP contribution in [0.15, 0.2) is 30.3 Å². The molecule has 4 aliphatic carbocycles. The van der Waals surface area contributed by atoms with Crippen molar-refractivity contribution in [2.45, 2.75) is 32.6 Å². The van der Waals surface area contributed by atoms with Crippen molar-refractivity contribution in [1.29, 1.82) is 0 Å². The molecule has 7 rings (SSSR count). The lowest BCUT2D eigenvalue weighted by atomic mass is 9.77. The lowest BCUT2D eigenvalue weighted by Crippen LogP contribution is -2.45. The molecule has 2 aliphatic heterocycles. The Morgan fingerprint density at radius 2 is 1.85 bits per heavy atom. The monoisotopic (exact) mass is 448 g/mol. The minimum absolute atomic E-state index is 0.0194. The van der Waals surface area contributed by atoms with Crippen molar-refractivity contribution in [3.63, 3.8) is 0 Å². The highest BCUT2D eigenvalue weighted by atomic mass is 16.5. The topological polar surface area (TPSA) is 66.9 Å². The van der Waals surface area contributed by atoms with Crippen molar-refractivity contribution in [3.05, 3.63) is 35.9 Å². The van der Waals surface area contributed by atoms with Crippen LogP contribution in [0.25, 0.3) is 6.08 Å². The molecule has 6 heteroatoms. The summed E-state index contributed by atoms with van der Waals surface area (Å²) in [6, 6.07) is 7.74. The van der Waals surface area contributed by atoms with Crippen molar-refractivity contribution in [3.8, 4) is 5.75 Å². The lowest BCUT2D eigenvalue weighted by molar-refractivity contribution is -0.138. The third-order valence-corrected chi connectivity index (χ3v) is 9.09. The maximum absolute atomic E-state index is 13.2. The number of benzene rings is 1. The predicted octanol–water partition coefficient (Wildman–Crippen LogP) is 3.02. The van der Waals surface area contributed by atoms with E-state index in [1.54, 1.807) is 6.08 Å². The van der Waals surface area contributed by atoms with Gasteiger partial charge in [0.05, 0.1) is 12.5 Å². The summed E-state index contributed by atoms with van der Waals surface area (Å²) >= 11 is 0. The lowest BCUT2D eigenvalue weighted by Gasteiger charge is -2.39. The highest BCUT2D eigenvalue weighted by Gasteiger charge is 2.75. The highest BCUT2D eigenvalue weighted by molar-refractivity contribution is 6.00. The van der Waals surface area contributed by atoms with E-state index in [1.165, 1.54) is 0 Å². The molecule has 6 nitrogen and oxygen atoms in total. The number of carbonyl (C=O) groups excluding carboxylic acids is 3. The molecule has 4 bridgehead atoms. The largest absolute Gasteiger partial charge is 0.493 e. The molecule has 1 aromatic rings. The van der Waals surface area contributed by atoms with Gasteiger partial charge in [0.1, 0.15) is 11.5 Å². The summed E-state index contributed by atoms with van der Waals surface area (Å²) in [4.78, 5) is 42.3. The van der Waals surface area contributed by atoms with Crippen molar-refractivity contribution in [2.75, 3.05) is 32.8 Å². The van der Waals surface area contributed by atoms with Gasteiger partial charge in [0.2, 0.25) is 11.8 Å². The second-order valence-electron chi connectivity index (χ2n) is 10.7. The first-order valence-electron chi connectivity index (χ1n) is 12.5. The van der Waals surface area contributed by atoms with E-state index in [-0.39, 0.29) is 35.0 Å². The number of ether oxygens (including phenoxy) is 1. The van der Waals surface area contributed by atoms with E-state index in [2.05, 4.69) is 4.90 Å². The Bertz CT molecular complexity index is 1020. The van der Waals surface area contributed by atoms with Gasteiger partial charge in [-0.25, -0.2) is 0 Å². The average molecular weight is 449 g/mol. The second-order valence-corrected chi connectivity index (χ2v) is 10.7. The summed E-state index contributed by atoms with van der Waals surface area (Å²) in [6.45, 7) is 5.61. The van der Waals surface area contributed by atoms with Crippen LogP contribution in [0.2, 0.25) is 0 Å². The molecule has 6 aliphatic rings. The first-order chi connectivity index (χ1) is 16.0. The Balaban J connectivity index is 1.04. The number of hydrogen-bond donors (Lipinski definition) is 0. The minimum atomic E-state index is -0.0194. The van der Waals surface area contributed by atoms with E-state index in [9.17, 15) is 14.4 Å². The molecule has 33 heavy (non-hydrogen) atoms. The molecular weight excluding hydrogens is 416 g/mol. The zero-order valence-corrected chi connectivity index (χ0v) is 19.2. The van der Waals surface area contributed by atoms with Gasteiger partial charge in [0.25, 0.3) is 0 Å². The van der Waals surface area contributed by atoms with Crippen LogP contribution in [0.5, 0.6) is 5.75 Å². The van der Waals surface area contributed by atoms with Gasteiger partial charge in [-0.15, -0.1) is 0 Å². The Morgan fingerprint density at radius 1 is 1.12 bits per heavy atom. The van der Waals surface area contributed by atoms with E-state index >= 15 is 0 Å². The molecule has 0 radical (unpaired) electrons. The number of likely N-dealkylation sites (tertiary alicyclic amines) is 2. The number of rotatable bonds is 5. The molecule has 2 saturated heterocycles. The summed E-state index contributed by atoms with van der Waals surface area (Å²) < 4.78 is 5.64. The molecule has 4 saturated carbocycles. The Labute approximate surface area is 194 Å². The van der Waals surface area contributed by atoms with Gasteiger partial charge in [0.15, 0.2) is 0 Å². The van der Waals surface area contributed by atoms with Crippen LogP contribution >= 0.6 is 0 Å². The van der Waals surface area contributed by atoms with Gasteiger partial charge in [0, 0.05) is 49.7 Å². The number of piperidine rings is 1. The molecule has 2 amide bonds. The number of ketones is 1. The van der Waals surface area contributed by atoms with Crippen molar-refractivity contribution in [1.82, 2.24) is 9.80 Å². The number of Topliss-reactive ketones (excluding diaryl/α,β-unsaturated/α-hetero) is 1. The standard InChI is InChI=1S/C27H32N2O4/c1-2-33-20-6-4-3-5-17(20)7-8-21(30)28-12-9-27(10-13-28)11-14-29(16-27)26(32)24-19-15-18-22(24)23(18)25(19)31/h3-8,18-19,22-24H,2,9-16H2,1H3/b8-7+/t18-,19+,22+,23-,24-/m1/s1. The van der Waals surface area contributed by atoms with Gasteiger partial charge < -0.3 is 14.5 Å². The van der Waals surface area contributed by atoms with Gasteiger partial charge in [-0.2, -0.15) is 0 Å². The molecule has 1 aromatic carbocycles. The smallest absolute Gasteiger partial charge is 0.246 e. The normalized spacial score (nSPS) is 33.4. The molecular formula is C27H32N2O4. The van der Waals surface area contributed by atoms with E-state index in [1.807, 2.05) is 42.2 Å². The van der Waals surface area contributed by atoms with Crippen LogP contribution in [0.1, 0.15) is 38.2 Å². The zero-order chi connectivity index (χ0) is 22.7. The zero-order valence-electron chi connectivity index (χ0n) is 19.2. The maximum Gasteiger partial charge on any atom is 0.246 e. The summed E-state index contributed by atoms with van der Waals surface area (Å²) in [6.07, 6.45) is 7.34. The van der Waals surface area contributed by atoms with Gasteiger partial charge >= 0.3 is 0 Å². The summed E-state index contributed by atoms with van der Waals surface area (Å²) in [5, 5.41) is 0. The molecule has 5 atom stereocenters. The van der Waals surface area contributed by atoms with E-state index in [0.29, 0.717) is 24.2 Å². The van der Waals surface area contributed by atoms with Crippen LogP contribution in [-0.2, 0) is 14.4 Å².